The van der Waals surface area contributed by atoms with Crippen molar-refractivity contribution in [2.45, 2.75) is 43.4 Å². The third kappa shape index (κ3) is 4.93. The van der Waals surface area contributed by atoms with Crippen LogP contribution in [0.4, 0.5) is 23.2 Å². The molecule has 4 fully saturated rings. The molecule has 5 aliphatic heterocycles. The third-order valence-corrected chi connectivity index (χ3v) is 7.77. The van der Waals surface area contributed by atoms with Crippen LogP contribution in [0, 0.1) is 11.3 Å². The van der Waals surface area contributed by atoms with Gasteiger partial charge >= 0.3 is 6.18 Å². The summed E-state index contributed by atoms with van der Waals surface area (Å²) < 4.78 is 62.8. The zero-order valence-electron chi connectivity index (χ0n) is 21.4. The average Bonchev–Trinajstić information content (AvgIpc) is 3.39. The number of nitrogens with one attached hydrogen (secondary N) is 1. The van der Waals surface area contributed by atoms with Crippen LogP contribution in [-0.2, 0) is 20.5 Å². The summed E-state index contributed by atoms with van der Waals surface area (Å²) in [7, 11) is 0. The van der Waals surface area contributed by atoms with Gasteiger partial charge in [0.15, 0.2) is 6.17 Å². The lowest BCUT2D eigenvalue weighted by Crippen LogP contribution is -2.58. The number of nitriles is 1. The molecule has 1 aromatic rings. The van der Waals surface area contributed by atoms with Crippen LogP contribution >= 0.6 is 0 Å². The Kier molecular flexibility index (Phi) is 6.53. The van der Waals surface area contributed by atoms with Crippen LogP contribution in [0.5, 0.6) is 0 Å². The van der Waals surface area contributed by atoms with Gasteiger partial charge in [0, 0.05) is 50.3 Å². The number of nitrogens with zero attached hydrogens (tertiary/aromatic N) is 4. The zero-order valence-corrected chi connectivity index (χ0v) is 21.4. The molecule has 3 unspecified atom stereocenters. The molecule has 4 saturated heterocycles. The number of aliphatic imine (C=N–C) groups is 1. The topological polar surface area (TPSA) is 115 Å². The van der Waals surface area contributed by atoms with E-state index in [0.717, 1.165) is 18.6 Å². The number of piperidine rings is 1. The van der Waals surface area contributed by atoms with Gasteiger partial charge in [0.05, 0.1) is 51.9 Å². The van der Waals surface area contributed by atoms with Gasteiger partial charge in [-0.25, -0.2) is 9.38 Å². The number of rotatable bonds is 4. The number of ether oxygens (including phenoxy) is 1. The van der Waals surface area contributed by atoms with Crippen LogP contribution in [0.1, 0.15) is 34.3 Å². The van der Waals surface area contributed by atoms with E-state index >= 15 is 0 Å². The van der Waals surface area contributed by atoms with Gasteiger partial charge in [0.2, 0.25) is 0 Å². The summed E-state index contributed by atoms with van der Waals surface area (Å²) in [6, 6.07) is 2.98. The maximum Gasteiger partial charge on any atom is 0.418 e. The molecule has 9 nitrogen and oxygen atoms in total. The number of benzene rings is 1. The van der Waals surface area contributed by atoms with Crippen molar-refractivity contribution >= 4 is 29.1 Å². The van der Waals surface area contributed by atoms with Crippen molar-refractivity contribution in [3.05, 3.63) is 64.3 Å². The van der Waals surface area contributed by atoms with Gasteiger partial charge in [0.25, 0.3) is 17.7 Å². The number of alkyl halides is 4. The number of morpholine rings is 1. The van der Waals surface area contributed by atoms with Crippen LogP contribution in [0.3, 0.4) is 0 Å². The molecule has 1 N–H and O–H groups in total. The number of dihydropyridines is 1. The van der Waals surface area contributed by atoms with E-state index in [1.807, 2.05) is 0 Å². The van der Waals surface area contributed by atoms with Crippen molar-refractivity contribution in [3.63, 3.8) is 0 Å². The number of anilines is 1. The van der Waals surface area contributed by atoms with E-state index in [1.165, 1.54) is 34.1 Å². The lowest BCUT2D eigenvalue weighted by atomic mass is 9.91. The summed E-state index contributed by atoms with van der Waals surface area (Å²) in [6.45, 7) is 0.504. The lowest BCUT2D eigenvalue weighted by Gasteiger charge is -2.47. The molecule has 2 bridgehead atoms. The average molecular weight is 570 g/mol. The Morgan fingerprint density at radius 2 is 1.90 bits per heavy atom. The van der Waals surface area contributed by atoms with Gasteiger partial charge in [-0.3, -0.25) is 14.4 Å². The number of fused-ring (bicyclic) bond motifs is 3. The van der Waals surface area contributed by atoms with Crippen LogP contribution in [-0.4, -0.2) is 78.9 Å². The van der Waals surface area contributed by atoms with E-state index in [1.54, 1.807) is 6.07 Å². The summed E-state index contributed by atoms with van der Waals surface area (Å²) in [5.41, 5.74) is -2.08. The van der Waals surface area contributed by atoms with Crippen LogP contribution in [0.15, 0.2) is 52.6 Å². The normalized spacial score (nSPS) is 26.8. The fraction of sp³-hybridized carbons (Fsp3) is 0.393. The Bertz CT molecular complexity index is 1510. The highest BCUT2D eigenvalue weighted by atomic mass is 19.4. The van der Waals surface area contributed by atoms with E-state index in [0.29, 0.717) is 0 Å². The molecule has 13 heteroatoms. The summed E-state index contributed by atoms with van der Waals surface area (Å²) in [5.74, 6) is -2.10. The number of halogens is 4. The van der Waals surface area contributed by atoms with Crippen molar-refractivity contribution in [1.29, 1.82) is 5.26 Å². The molecule has 1 aliphatic carbocycles. The van der Waals surface area contributed by atoms with E-state index < -0.39 is 41.7 Å². The fourth-order valence-electron chi connectivity index (χ4n) is 5.92. The van der Waals surface area contributed by atoms with Gasteiger partial charge in [0.1, 0.15) is 0 Å². The van der Waals surface area contributed by atoms with E-state index in [4.69, 9.17) is 4.74 Å². The quantitative estimate of drug-likeness (QED) is 0.558. The Balaban J connectivity index is 1.27. The minimum atomic E-state index is -4.86. The Hall–Kier alpha value is -4.31. The van der Waals surface area contributed by atoms with E-state index in [9.17, 15) is 37.2 Å². The van der Waals surface area contributed by atoms with Crippen LogP contribution in [0.2, 0.25) is 0 Å². The molecule has 6 aliphatic rings. The van der Waals surface area contributed by atoms with Gasteiger partial charge in [-0.15, -0.1) is 0 Å². The second-order valence-electron chi connectivity index (χ2n) is 10.5. The summed E-state index contributed by atoms with van der Waals surface area (Å²) in [5, 5.41) is 12.2. The number of amides is 3. The highest BCUT2D eigenvalue weighted by molar-refractivity contribution is 6.24. The molecular weight excluding hydrogens is 546 g/mol. The Morgan fingerprint density at radius 3 is 2.59 bits per heavy atom. The second kappa shape index (κ2) is 9.95. The number of carbonyl (C=O) groups is 3. The number of allylic oxidation sites excluding steroid dienone is 3. The molecule has 0 saturated carbocycles. The zero-order chi connectivity index (χ0) is 29.1. The highest BCUT2D eigenvalue weighted by Gasteiger charge is 2.44. The van der Waals surface area contributed by atoms with Crippen molar-refractivity contribution in [2.24, 2.45) is 4.99 Å². The van der Waals surface area contributed by atoms with Crippen molar-refractivity contribution in [2.75, 3.05) is 31.1 Å². The number of carbonyl (C=O) groups excluding carboxylic acids is 3. The molecule has 7 rings (SSSR count). The highest BCUT2D eigenvalue weighted by Crippen LogP contribution is 2.42. The predicted octanol–water partition coefficient (Wildman–Crippen LogP) is 2.63. The van der Waals surface area contributed by atoms with Crippen LogP contribution in [0.25, 0.3) is 0 Å². The van der Waals surface area contributed by atoms with E-state index in [2.05, 4.69) is 10.3 Å². The molecule has 41 heavy (non-hydrogen) atoms. The third-order valence-electron chi connectivity index (χ3n) is 7.77. The molecule has 1 aromatic carbocycles. The molecule has 3 amide bonds. The smallest absolute Gasteiger partial charge is 0.371 e. The molecule has 212 valence electrons. The molecule has 0 radical (unpaired) electrons. The molecule has 5 heterocycles. The number of hydrogen-bond acceptors (Lipinski definition) is 6. The molecule has 0 aromatic heterocycles. The number of hydrogen-bond donors (Lipinski definition) is 1. The fourth-order valence-corrected chi connectivity index (χ4v) is 5.92. The first-order valence-corrected chi connectivity index (χ1v) is 13.0. The van der Waals surface area contributed by atoms with Crippen molar-refractivity contribution < 1.29 is 36.7 Å². The largest absolute Gasteiger partial charge is 0.418 e. The minimum Gasteiger partial charge on any atom is -0.371 e. The lowest BCUT2D eigenvalue weighted by molar-refractivity contribution is -0.171. The maximum atomic E-state index is 14.3. The summed E-state index contributed by atoms with van der Waals surface area (Å²) in [6.07, 6.45) is -0.751. The summed E-state index contributed by atoms with van der Waals surface area (Å²) in [4.78, 5) is 45.3. The molecular formula is C28H23F4N5O4. The first-order valence-electron chi connectivity index (χ1n) is 13.0. The maximum absolute atomic E-state index is 14.3. The first kappa shape index (κ1) is 26.9. The Labute approximate surface area is 231 Å². The van der Waals surface area contributed by atoms with Crippen molar-refractivity contribution in [3.8, 4) is 6.07 Å². The predicted molar refractivity (Wildman–Crippen MR) is 137 cm³/mol. The SMILES string of the molecule is N#Cc1cc(C(=O)N2CC3CC(C2)O3)c(N2CC[C@@H](NC(=O)C3=CC(=O)N=C4C3=CC=CC4F)C2)c(C(F)(F)F)c1. The van der Waals surface area contributed by atoms with Gasteiger partial charge < -0.3 is 19.9 Å². The first-order chi connectivity index (χ1) is 19.5. The Morgan fingerprint density at radius 1 is 1.17 bits per heavy atom. The standard InChI is InChI=1S/C28H23F4N5O4/c29-22-3-1-2-18-19(9-23(38)35-24(18)22)26(39)34-15-4-5-36(11-15)25-20(6-14(10-33)7-21(25)28(30,31)32)27(40)37-12-16-8-17(13-37)41-16/h1-3,6-7,9,15-17,22H,4-5,8,11-13H2,(H,34,39)/t15-,16?,17?,22?/m1/s1. The van der Waals surface area contributed by atoms with Crippen molar-refractivity contribution in [1.82, 2.24) is 10.2 Å². The molecule has 0 spiro atoms. The van der Waals surface area contributed by atoms with Crippen LogP contribution < -0.4 is 10.2 Å². The second-order valence-corrected chi connectivity index (χ2v) is 10.5. The van der Waals surface area contributed by atoms with Gasteiger partial charge in [-0.2, -0.15) is 18.4 Å². The van der Waals surface area contributed by atoms with Gasteiger partial charge in [-0.1, -0.05) is 12.2 Å². The molecule has 4 atom stereocenters. The summed E-state index contributed by atoms with van der Waals surface area (Å²) >= 11 is 0. The minimum absolute atomic E-state index is 0.0672. The van der Waals surface area contributed by atoms with E-state index in [-0.39, 0.29) is 78.5 Å². The van der Waals surface area contributed by atoms with Gasteiger partial charge in [-0.05, 0) is 24.6 Å². The monoisotopic (exact) mass is 569 g/mol.